The lowest BCUT2D eigenvalue weighted by atomic mass is 9.96. The van der Waals surface area contributed by atoms with E-state index in [1.165, 1.54) is 22.0 Å². The molecule has 9 rings (SSSR count). The first-order chi connectivity index (χ1) is 23.2. The molecule has 0 radical (unpaired) electrons. The lowest BCUT2D eigenvalue weighted by Crippen LogP contribution is -2.04. The lowest BCUT2D eigenvalue weighted by molar-refractivity contribution is 0.878. The monoisotopic (exact) mass is 604 g/mol. The number of aryl methyl sites for hydroxylation is 1. The van der Waals surface area contributed by atoms with Crippen LogP contribution < -0.4 is 0 Å². The summed E-state index contributed by atoms with van der Waals surface area (Å²) in [5.41, 5.74) is 12.2. The Morgan fingerprint density at radius 2 is 1.17 bits per heavy atom. The minimum absolute atomic E-state index is 0.902. The number of hydrogen-bond donors (Lipinski definition) is 0. The summed E-state index contributed by atoms with van der Waals surface area (Å²) in [7, 11) is 0. The van der Waals surface area contributed by atoms with Crippen LogP contribution in [0.15, 0.2) is 146 Å². The molecule has 0 amide bonds. The molecule has 224 valence electrons. The number of hydrogen-bond acceptors (Lipinski definition) is 2. The Kier molecular flexibility index (Phi) is 6.46. The van der Waals surface area contributed by atoms with Crippen molar-refractivity contribution in [1.82, 2.24) is 19.1 Å². The Labute approximate surface area is 273 Å². The van der Waals surface area contributed by atoms with Crippen molar-refractivity contribution in [3.8, 4) is 45.3 Å². The SMILES string of the molecule is Cc1ccc2cc(-c3cc(-c4nc5c(n4-c4ccccc4)CCC=C5)cc(-c4nc5ccccc5n4-c4ccccc4)c3)ccc2c1. The fourth-order valence-electron chi connectivity index (χ4n) is 6.96. The van der Waals surface area contributed by atoms with Gasteiger partial charge in [0.05, 0.1) is 22.4 Å². The van der Waals surface area contributed by atoms with Gasteiger partial charge in [0.15, 0.2) is 0 Å². The third kappa shape index (κ3) is 4.77. The van der Waals surface area contributed by atoms with Crippen LogP contribution in [0.3, 0.4) is 0 Å². The maximum Gasteiger partial charge on any atom is 0.145 e. The Hall–Kier alpha value is -6.00. The number of fused-ring (bicyclic) bond motifs is 3. The van der Waals surface area contributed by atoms with Gasteiger partial charge in [0.25, 0.3) is 0 Å². The lowest BCUT2D eigenvalue weighted by Gasteiger charge is -2.16. The van der Waals surface area contributed by atoms with Gasteiger partial charge < -0.3 is 0 Å². The van der Waals surface area contributed by atoms with E-state index in [0.717, 1.165) is 74.8 Å². The maximum atomic E-state index is 5.30. The zero-order valence-corrected chi connectivity index (χ0v) is 26.1. The number of imidazole rings is 2. The topological polar surface area (TPSA) is 35.6 Å². The standard InChI is InChI=1S/C43H32N4/c1-29-20-21-31-25-32(23-22-30(31)24-29)33-26-34(42-44-38-16-8-10-18-40(38)46(42)36-12-4-2-5-13-36)28-35(27-33)43-45-39-17-9-11-19-41(39)47(43)37-14-6-3-7-15-37/h2-10,12-18,20-28H,11,19H2,1H3. The Bertz CT molecular complexity index is 2460. The Morgan fingerprint density at radius 3 is 1.96 bits per heavy atom. The first-order valence-corrected chi connectivity index (χ1v) is 16.2. The summed E-state index contributed by atoms with van der Waals surface area (Å²) in [5.74, 6) is 1.84. The first-order valence-electron chi connectivity index (χ1n) is 16.2. The van der Waals surface area contributed by atoms with Crippen LogP contribution >= 0.6 is 0 Å². The molecule has 1 aliphatic carbocycles. The summed E-state index contributed by atoms with van der Waals surface area (Å²) in [4.78, 5) is 10.6. The molecule has 47 heavy (non-hydrogen) atoms. The van der Waals surface area contributed by atoms with E-state index in [1.54, 1.807) is 0 Å². The molecular weight excluding hydrogens is 573 g/mol. The van der Waals surface area contributed by atoms with Crippen molar-refractivity contribution in [1.29, 1.82) is 0 Å². The fourth-order valence-corrected chi connectivity index (χ4v) is 6.96. The van der Waals surface area contributed by atoms with Gasteiger partial charge in [0.2, 0.25) is 0 Å². The minimum atomic E-state index is 0.902. The minimum Gasteiger partial charge on any atom is -0.296 e. The summed E-state index contributed by atoms with van der Waals surface area (Å²) in [6.07, 6.45) is 6.37. The molecular formula is C43H32N4. The maximum absolute atomic E-state index is 5.30. The molecule has 0 spiro atoms. The van der Waals surface area contributed by atoms with Crippen LogP contribution in [0.2, 0.25) is 0 Å². The van der Waals surface area contributed by atoms with Crippen LogP contribution in [-0.4, -0.2) is 19.1 Å². The second-order valence-corrected chi connectivity index (χ2v) is 12.3. The highest BCUT2D eigenvalue weighted by molar-refractivity contribution is 5.90. The fraction of sp³-hybridized carbons (Fsp3) is 0.0698. The van der Waals surface area contributed by atoms with Gasteiger partial charge in [-0.25, -0.2) is 9.97 Å². The third-order valence-corrected chi connectivity index (χ3v) is 9.20. The van der Waals surface area contributed by atoms with E-state index < -0.39 is 0 Å². The molecule has 0 bridgehead atoms. The number of para-hydroxylation sites is 4. The number of aromatic nitrogens is 4. The number of benzene rings is 6. The molecule has 2 heterocycles. The molecule has 6 aromatic carbocycles. The van der Waals surface area contributed by atoms with E-state index in [9.17, 15) is 0 Å². The van der Waals surface area contributed by atoms with E-state index in [0.29, 0.717) is 0 Å². The Morgan fingerprint density at radius 1 is 0.532 bits per heavy atom. The quantitative estimate of drug-likeness (QED) is 0.196. The number of allylic oxidation sites excluding steroid dienone is 1. The second-order valence-electron chi connectivity index (χ2n) is 12.3. The summed E-state index contributed by atoms with van der Waals surface area (Å²) in [6, 6.07) is 49.8. The van der Waals surface area contributed by atoms with Gasteiger partial charge in [-0.2, -0.15) is 0 Å². The van der Waals surface area contributed by atoms with Crippen molar-refractivity contribution >= 4 is 27.9 Å². The van der Waals surface area contributed by atoms with Crippen molar-refractivity contribution in [3.63, 3.8) is 0 Å². The van der Waals surface area contributed by atoms with Gasteiger partial charge in [0.1, 0.15) is 11.6 Å². The number of rotatable bonds is 5. The first kappa shape index (κ1) is 27.3. The van der Waals surface area contributed by atoms with Crippen LogP contribution in [-0.2, 0) is 6.42 Å². The van der Waals surface area contributed by atoms with Crippen molar-refractivity contribution < 1.29 is 0 Å². The van der Waals surface area contributed by atoms with Crippen LogP contribution in [0, 0.1) is 6.92 Å². The van der Waals surface area contributed by atoms with Crippen LogP contribution in [0.1, 0.15) is 23.4 Å². The zero-order valence-electron chi connectivity index (χ0n) is 26.1. The zero-order chi connectivity index (χ0) is 31.3. The Balaban J connectivity index is 1.33. The van der Waals surface area contributed by atoms with Gasteiger partial charge in [-0.3, -0.25) is 9.13 Å². The highest BCUT2D eigenvalue weighted by Gasteiger charge is 2.22. The van der Waals surface area contributed by atoms with Crippen molar-refractivity contribution in [2.75, 3.05) is 0 Å². The largest absolute Gasteiger partial charge is 0.296 e. The molecule has 1 aliphatic rings. The summed E-state index contributed by atoms with van der Waals surface area (Å²) in [6.45, 7) is 2.14. The van der Waals surface area contributed by atoms with Gasteiger partial charge >= 0.3 is 0 Å². The van der Waals surface area contributed by atoms with Gasteiger partial charge in [-0.15, -0.1) is 0 Å². The predicted octanol–water partition coefficient (Wildman–Crippen LogP) is 10.6. The molecule has 4 nitrogen and oxygen atoms in total. The summed E-state index contributed by atoms with van der Waals surface area (Å²) >= 11 is 0. The molecule has 8 aromatic rings. The summed E-state index contributed by atoms with van der Waals surface area (Å²) in [5, 5.41) is 2.47. The van der Waals surface area contributed by atoms with E-state index in [1.807, 2.05) is 0 Å². The molecule has 0 fully saturated rings. The van der Waals surface area contributed by atoms with Gasteiger partial charge in [0, 0.05) is 22.5 Å². The predicted molar refractivity (Wildman–Crippen MR) is 194 cm³/mol. The van der Waals surface area contributed by atoms with E-state index in [4.69, 9.17) is 9.97 Å². The average molecular weight is 605 g/mol. The van der Waals surface area contributed by atoms with Gasteiger partial charge in [-0.1, -0.05) is 90.5 Å². The summed E-state index contributed by atoms with van der Waals surface area (Å²) < 4.78 is 4.63. The molecule has 0 unspecified atom stereocenters. The van der Waals surface area contributed by atoms with E-state index >= 15 is 0 Å². The van der Waals surface area contributed by atoms with Crippen LogP contribution in [0.5, 0.6) is 0 Å². The van der Waals surface area contributed by atoms with Gasteiger partial charge in [-0.05, 0) is 108 Å². The highest BCUT2D eigenvalue weighted by Crippen LogP contribution is 2.38. The highest BCUT2D eigenvalue weighted by atomic mass is 15.1. The van der Waals surface area contributed by atoms with Crippen LogP contribution in [0.25, 0.3) is 73.2 Å². The van der Waals surface area contributed by atoms with E-state index in [2.05, 4.69) is 168 Å². The van der Waals surface area contributed by atoms with Crippen molar-refractivity contribution in [3.05, 3.63) is 163 Å². The molecule has 0 N–H and O–H groups in total. The molecule has 2 aromatic heterocycles. The average Bonchev–Trinajstić information content (AvgIpc) is 3.72. The van der Waals surface area contributed by atoms with Crippen molar-refractivity contribution in [2.24, 2.45) is 0 Å². The smallest absolute Gasteiger partial charge is 0.145 e. The molecule has 4 heteroatoms. The molecule has 0 saturated heterocycles. The molecule has 0 atom stereocenters. The van der Waals surface area contributed by atoms with Crippen molar-refractivity contribution in [2.45, 2.75) is 19.8 Å². The number of nitrogens with zero attached hydrogens (tertiary/aromatic N) is 4. The van der Waals surface area contributed by atoms with E-state index in [-0.39, 0.29) is 0 Å². The molecule has 0 aliphatic heterocycles. The normalized spacial score (nSPS) is 12.5. The molecule has 0 saturated carbocycles. The third-order valence-electron chi connectivity index (χ3n) is 9.20. The second kappa shape index (κ2) is 11.1. The van der Waals surface area contributed by atoms with Crippen LogP contribution in [0.4, 0.5) is 0 Å².